The fourth-order valence-corrected chi connectivity index (χ4v) is 2.75. The Morgan fingerprint density at radius 2 is 2.24 bits per heavy atom. The summed E-state index contributed by atoms with van der Waals surface area (Å²) in [5.74, 6) is 0. The van der Waals surface area contributed by atoms with Gasteiger partial charge < -0.3 is 4.98 Å². The van der Waals surface area contributed by atoms with Gasteiger partial charge in [-0.3, -0.25) is 9.36 Å². The highest BCUT2D eigenvalue weighted by Crippen LogP contribution is 2.22. The van der Waals surface area contributed by atoms with Crippen LogP contribution in [-0.4, -0.2) is 9.55 Å². The van der Waals surface area contributed by atoms with Crippen LogP contribution in [0.15, 0.2) is 16.2 Å². The van der Waals surface area contributed by atoms with Crippen LogP contribution >= 0.6 is 23.6 Å². The standard InChI is InChI=1S/C12H16N2OS2/c1-4-12(2,3)7-14-10(15)8-5-6-17-9(8)13-11(14)16/h5-6H,4,7H2,1-3H3,(H,13,16). The smallest absolute Gasteiger partial charge is 0.263 e. The molecule has 92 valence electrons. The maximum absolute atomic E-state index is 12.3. The molecule has 17 heavy (non-hydrogen) atoms. The highest BCUT2D eigenvalue weighted by molar-refractivity contribution is 7.71. The monoisotopic (exact) mass is 268 g/mol. The van der Waals surface area contributed by atoms with E-state index in [2.05, 4.69) is 25.8 Å². The Balaban J connectivity index is 2.62. The molecule has 2 heterocycles. The third-order valence-corrected chi connectivity index (χ3v) is 4.30. The average molecular weight is 268 g/mol. The molecule has 0 bridgehead atoms. The summed E-state index contributed by atoms with van der Waals surface area (Å²) in [7, 11) is 0. The number of rotatable bonds is 3. The number of aromatic amines is 1. The number of aromatic nitrogens is 2. The van der Waals surface area contributed by atoms with Gasteiger partial charge in [-0.15, -0.1) is 11.3 Å². The van der Waals surface area contributed by atoms with Gasteiger partial charge in [0.15, 0.2) is 4.77 Å². The summed E-state index contributed by atoms with van der Waals surface area (Å²) < 4.78 is 2.19. The maximum atomic E-state index is 12.3. The number of fused-ring (bicyclic) bond motifs is 1. The van der Waals surface area contributed by atoms with Crippen LogP contribution in [0.2, 0.25) is 0 Å². The van der Waals surface area contributed by atoms with Crippen LogP contribution in [0, 0.1) is 10.2 Å². The quantitative estimate of drug-likeness (QED) is 0.864. The summed E-state index contributed by atoms with van der Waals surface area (Å²) in [6.45, 7) is 7.07. The molecule has 1 N–H and O–H groups in total. The van der Waals surface area contributed by atoms with Crippen LogP contribution < -0.4 is 5.56 Å². The molecule has 0 radical (unpaired) electrons. The van der Waals surface area contributed by atoms with Gasteiger partial charge in [-0.25, -0.2) is 0 Å². The Labute approximate surface area is 109 Å². The van der Waals surface area contributed by atoms with Crippen molar-refractivity contribution in [2.45, 2.75) is 33.7 Å². The minimum absolute atomic E-state index is 0.0199. The van der Waals surface area contributed by atoms with E-state index in [-0.39, 0.29) is 11.0 Å². The Bertz CT molecular complexity index is 648. The minimum Gasteiger partial charge on any atom is -0.323 e. The van der Waals surface area contributed by atoms with E-state index < -0.39 is 0 Å². The van der Waals surface area contributed by atoms with Crippen LogP contribution in [0.5, 0.6) is 0 Å². The first-order valence-electron chi connectivity index (χ1n) is 5.65. The number of nitrogens with zero attached hydrogens (tertiary/aromatic N) is 1. The molecule has 3 nitrogen and oxygen atoms in total. The van der Waals surface area contributed by atoms with Crippen LogP contribution in [0.3, 0.4) is 0 Å². The zero-order valence-corrected chi connectivity index (χ0v) is 11.9. The van der Waals surface area contributed by atoms with Crippen molar-refractivity contribution >= 4 is 33.8 Å². The Morgan fingerprint density at radius 3 is 2.88 bits per heavy atom. The van der Waals surface area contributed by atoms with Crippen LogP contribution in [0.1, 0.15) is 27.2 Å². The van der Waals surface area contributed by atoms with E-state index >= 15 is 0 Å². The Morgan fingerprint density at radius 1 is 1.53 bits per heavy atom. The van der Waals surface area contributed by atoms with Gasteiger partial charge in [-0.1, -0.05) is 20.8 Å². The van der Waals surface area contributed by atoms with Crippen molar-refractivity contribution in [1.29, 1.82) is 0 Å². The van der Waals surface area contributed by atoms with Gasteiger partial charge >= 0.3 is 0 Å². The number of thiophene rings is 1. The van der Waals surface area contributed by atoms with E-state index in [9.17, 15) is 4.79 Å². The molecule has 0 amide bonds. The molecule has 0 spiro atoms. The molecule has 2 aromatic heterocycles. The molecule has 0 aliphatic carbocycles. The SMILES string of the molecule is CCC(C)(C)Cn1c(=S)[nH]c2sccc2c1=O. The molecule has 0 aromatic carbocycles. The second-order valence-corrected chi connectivity index (χ2v) is 6.31. The van der Waals surface area contributed by atoms with Gasteiger partial charge in [0.05, 0.1) is 5.39 Å². The molecule has 0 fully saturated rings. The van der Waals surface area contributed by atoms with E-state index in [0.717, 1.165) is 16.6 Å². The van der Waals surface area contributed by atoms with Crippen molar-refractivity contribution in [2.24, 2.45) is 5.41 Å². The normalized spacial score (nSPS) is 12.2. The van der Waals surface area contributed by atoms with E-state index in [1.807, 2.05) is 11.4 Å². The molecular formula is C12H16N2OS2. The fraction of sp³-hybridized carbons (Fsp3) is 0.500. The number of hydrogen-bond acceptors (Lipinski definition) is 3. The van der Waals surface area contributed by atoms with Gasteiger partial charge in [0.2, 0.25) is 0 Å². The molecule has 0 saturated heterocycles. The molecule has 2 aromatic rings. The molecule has 0 aliphatic heterocycles. The lowest BCUT2D eigenvalue weighted by Crippen LogP contribution is -2.29. The Kier molecular flexibility index (Phi) is 3.23. The lowest BCUT2D eigenvalue weighted by molar-refractivity contribution is 0.288. The lowest BCUT2D eigenvalue weighted by Gasteiger charge is -2.23. The first kappa shape index (κ1) is 12.5. The lowest BCUT2D eigenvalue weighted by atomic mass is 9.90. The summed E-state index contributed by atoms with van der Waals surface area (Å²) in [6.07, 6.45) is 1.01. The summed E-state index contributed by atoms with van der Waals surface area (Å²) in [6, 6.07) is 1.85. The van der Waals surface area contributed by atoms with Crippen molar-refractivity contribution in [2.75, 3.05) is 0 Å². The van der Waals surface area contributed by atoms with Gasteiger partial charge in [-0.05, 0) is 35.5 Å². The minimum atomic E-state index is 0.0199. The van der Waals surface area contributed by atoms with Crippen molar-refractivity contribution in [3.8, 4) is 0 Å². The molecule has 0 aliphatic rings. The van der Waals surface area contributed by atoms with Crippen molar-refractivity contribution < 1.29 is 0 Å². The molecule has 0 atom stereocenters. The van der Waals surface area contributed by atoms with Crippen LogP contribution in [-0.2, 0) is 6.54 Å². The highest BCUT2D eigenvalue weighted by Gasteiger charge is 2.18. The molecular weight excluding hydrogens is 252 g/mol. The molecule has 0 unspecified atom stereocenters. The molecule has 2 rings (SSSR count). The van der Waals surface area contributed by atoms with E-state index in [4.69, 9.17) is 12.2 Å². The number of nitrogens with one attached hydrogen (secondary N) is 1. The summed E-state index contributed by atoms with van der Waals surface area (Å²) in [5, 5.41) is 2.64. The largest absolute Gasteiger partial charge is 0.323 e. The van der Waals surface area contributed by atoms with E-state index in [0.29, 0.717) is 11.3 Å². The van der Waals surface area contributed by atoms with Gasteiger partial charge in [0.1, 0.15) is 4.83 Å². The number of hydrogen-bond donors (Lipinski definition) is 1. The third-order valence-electron chi connectivity index (χ3n) is 3.15. The Hall–Kier alpha value is -0.940. The third kappa shape index (κ3) is 2.35. The number of H-pyrrole nitrogens is 1. The molecule has 5 heteroatoms. The molecule has 0 saturated carbocycles. The maximum Gasteiger partial charge on any atom is 0.263 e. The zero-order valence-electron chi connectivity index (χ0n) is 10.2. The topological polar surface area (TPSA) is 37.8 Å². The highest BCUT2D eigenvalue weighted by atomic mass is 32.1. The predicted molar refractivity (Wildman–Crippen MR) is 75.3 cm³/mol. The van der Waals surface area contributed by atoms with Crippen LogP contribution in [0.4, 0.5) is 0 Å². The first-order chi connectivity index (χ1) is 7.94. The van der Waals surface area contributed by atoms with Gasteiger partial charge in [-0.2, -0.15) is 0 Å². The van der Waals surface area contributed by atoms with Crippen molar-refractivity contribution in [1.82, 2.24) is 9.55 Å². The van der Waals surface area contributed by atoms with E-state index in [1.54, 1.807) is 4.57 Å². The second kappa shape index (κ2) is 4.38. The van der Waals surface area contributed by atoms with Gasteiger partial charge in [0, 0.05) is 6.54 Å². The fourth-order valence-electron chi connectivity index (χ4n) is 1.66. The van der Waals surface area contributed by atoms with Crippen LogP contribution in [0.25, 0.3) is 10.2 Å². The van der Waals surface area contributed by atoms with Crippen molar-refractivity contribution in [3.63, 3.8) is 0 Å². The van der Waals surface area contributed by atoms with Crippen molar-refractivity contribution in [3.05, 3.63) is 26.6 Å². The average Bonchev–Trinajstić information content (AvgIpc) is 2.72. The second-order valence-electron chi connectivity index (χ2n) is 5.00. The summed E-state index contributed by atoms with van der Waals surface area (Å²) >= 11 is 6.78. The first-order valence-corrected chi connectivity index (χ1v) is 6.94. The summed E-state index contributed by atoms with van der Waals surface area (Å²) in [4.78, 5) is 16.3. The zero-order chi connectivity index (χ0) is 12.6. The van der Waals surface area contributed by atoms with Gasteiger partial charge in [0.25, 0.3) is 5.56 Å². The predicted octanol–water partition coefficient (Wildman–Crippen LogP) is 3.56. The summed E-state index contributed by atoms with van der Waals surface area (Å²) in [5.41, 5.74) is 0.0982. The van der Waals surface area contributed by atoms with E-state index in [1.165, 1.54) is 11.3 Å².